The molecular formula is C19H23FN6O2. The molecule has 2 N–H and O–H groups in total. The predicted octanol–water partition coefficient (Wildman–Crippen LogP) is 2.07. The minimum atomic E-state index is -0.643. The van der Waals surface area contributed by atoms with Crippen LogP contribution in [0.15, 0.2) is 30.5 Å². The number of likely N-dealkylation sites (tertiary alicyclic amines) is 1. The lowest BCUT2D eigenvalue weighted by atomic mass is 10.1. The first-order chi connectivity index (χ1) is 13.5. The van der Waals surface area contributed by atoms with E-state index in [4.69, 9.17) is 0 Å². The van der Waals surface area contributed by atoms with E-state index in [1.54, 1.807) is 6.07 Å². The predicted molar refractivity (Wildman–Crippen MR) is 103 cm³/mol. The van der Waals surface area contributed by atoms with E-state index >= 15 is 0 Å². The van der Waals surface area contributed by atoms with Crippen molar-refractivity contribution in [2.24, 2.45) is 0 Å². The largest absolute Gasteiger partial charge is 0.336 e. The third-order valence-corrected chi connectivity index (χ3v) is 5.28. The second-order valence-corrected chi connectivity index (χ2v) is 7.22. The molecule has 0 atom stereocenters. The quantitative estimate of drug-likeness (QED) is 0.843. The molecule has 2 fully saturated rings. The van der Waals surface area contributed by atoms with Crippen LogP contribution in [0, 0.1) is 5.82 Å². The Morgan fingerprint density at radius 3 is 2.75 bits per heavy atom. The third-order valence-electron chi connectivity index (χ3n) is 5.28. The fraction of sp³-hybridized carbons (Fsp3) is 0.421. The molecule has 3 amide bonds. The van der Waals surface area contributed by atoms with Crippen molar-refractivity contribution in [2.75, 3.05) is 43.4 Å². The lowest BCUT2D eigenvalue weighted by molar-refractivity contribution is 0.102. The summed E-state index contributed by atoms with van der Waals surface area (Å²) < 4.78 is 16.1. The van der Waals surface area contributed by atoms with Crippen molar-refractivity contribution >= 4 is 23.4 Å². The molecule has 0 aliphatic carbocycles. The summed E-state index contributed by atoms with van der Waals surface area (Å²) in [6, 6.07) is 5.85. The number of carbonyl (C=O) groups excluding carboxylic acids is 2. The summed E-state index contributed by atoms with van der Waals surface area (Å²) in [4.78, 5) is 28.1. The molecule has 2 aliphatic rings. The normalized spacial score (nSPS) is 18.4. The fourth-order valence-electron chi connectivity index (χ4n) is 3.62. The number of urea groups is 1. The number of hydrogen-bond acceptors (Lipinski definition) is 4. The van der Waals surface area contributed by atoms with E-state index in [1.165, 1.54) is 23.1 Å². The molecule has 4 rings (SSSR count). The van der Waals surface area contributed by atoms with E-state index in [9.17, 15) is 14.0 Å². The van der Waals surface area contributed by atoms with E-state index in [0.29, 0.717) is 30.6 Å². The lowest BCUT2D eigenvalue weighted by Gasteiger charge is -2.28. The number of rotatable bonds is 4. The minimum Gasteiger partial charge on any atom is -0.336 e. The molecular weight excluding hydrogens is 363 g/mol. The number of hydrogen-bond donors (Lipinski definition) is 2. The third kappa shape index (κ3) is 3.70. The van der Waals surface area contributed by atoms with Crippen LogP contribution >= 0.6 is 0 Å². The average Bonchev–Trinajstić information content (AvgIpc) is 3.32. The number of nitrogens with one attached hydrogen (secondary N) is 2. The van der Waals surface area contributed by atoms with Crippen molar-refractivity contribution < 1.29 is 14.0 Å². The Morgan fingerprint density at radius 1 is 1.25 bits per heavy atom. The summed E-state index contributed by atoms with van der Waals surface area (Å²) in [6.45, 7) is 3.02. The summed E-state index contributed by atoms with van der Waals surface area (Å²) in [6.07, 6.45) is 3.84. The smallest absolute Gasteiger partial charge is 0.321 e. The van der Waals surface area contributed by atoms with E-state index in [2.05, 4.69) is 27.7 Å². The van der Waals surface area contributed by atoms with Gasteiger partial charge >= 0.3 is 6.03 Å². The molecule has 1 aromatic heterocycles. The standard InChI is InChI=1S/C19H23FN6O2/c1-24-8-4-13(5-9-24)26-10-6-17(23-26)22-18(27)15-12-14(2-3-16(15)20)25-11-7-21-19(25)28/h2-3,6,10,12-13H,4-5,7-9,11H2,1H3,(H,21,28)(H,22,23,27). The number of aromatic nitrogens is 2. The van der Waals surface area contributed by atoms with Crippen LogP contribution in [-0.2, 0) is 0 Å². The SMILES string of the molecule is CN1CCC(n2ccc(NC(=O)c3cc(N4CCNC4=O)ccc3F)n2)CC1. The zero-order valence-electron chi connectivity index (χ0n) is 15.7. The molecule has 148 valence electrons. The van der Waals surface area contributed by atoms with Gasteiger partial charge in [0.2, 0.25) is 0 Å². The van der Waals surface area contributed by atoms with Gasteiger partial charge in [-0.1, -0.05) is 0 Å². The average molecular weight is 386 g/mol. The van der Waals surface area contributed by atoms with Gasteiger partial charge in [0.15, 0.2) is 5.82 Å². The Morgan fingerprint density at radius 2 is 2.04 bits per heavy atom. The molecule has 2 aromatic rings. The highest BCUT2D eigenvalue weighted by atomic mass is 19.1. The molecule has 2 saturated heterocycles. The van der Waals surface area contributed by atoms with Gasteiger partial charge < -0.3 is 15.5 Å². The van der Waals surface area contributed by atoms with Crippen molar-refractivity contribution in [3.05, 3.63) is 41.8 Å². The highest BCUT2D eigenvalue weighted by Crippen LogP contribution is 2.23. The summed E-state index contributed by atoms with van der Waals surface area (Å²) in [7, 11) is 2.10. The van der Waals surface area contributed by atoms with Gasteiger partial charge in [-0.3, -0.25) is 14.4 Å². The maximum absolute atomic E-state index is 14.2. The van der Waals surface area contributed by atoms with Crippen molar-refractivity contribution in [3.8, 4) is 0 Å². The second-order valence-electron chi connectivity index (χ2n) is 7.22. The van der Waals surface area contributed by atoms with Crippen LogP contribution < -0.4 is 15.5 Å². The van der Waals surface area contributed by atoms with Crippen molar-refractivity contribution in [3.63, 3.8) is 0 Å². The van der Waals surface area contributed by atoms with Gasteiger partial charge in [0.05, 0.1) is 11.6 Å². The first-order valence-electron chi connectivity index (χ1n) is 9.41. The summed E-state index contributed by atoms with van der Waals surface area (Å²) in [5.41, 5.74) is 0.365. The zero-order chi connectivity index (χ0) is 19.7. The molecule has 0 bridgehead atoms. The maximum atomic E-state index is 14.2. The molecule has 0 radical (unpaired) electrons. The molecule has 0 saturated carbocycles. The monoisotopic (exact) mass is 386 g/mol. The van der Waals surface area contributed by atoms with Crippen LogP contribution in [0.4, 0.5) is 20.7 Å². The second kappa shape index (κ2) is 7.59. The Labute approximate surface area is 162 Å². The van der Waals surface area contributed by atoms with Crippen molar-refractivity contribution in [1.82, 2.24) is 20.0 Å². The topological polar surface area (TPSA) is 82.5 Å². The molecule has 3 heterocycles. The van der Waals surface area contributed by atoms with Crippen molar-refractivity contribution in [1.29, 1.82) is 0 Å². The number of benzene rings is 1. The van der Waals surface area contributed by atoms with Crippen LogP contribution in [0.2, 0.25) is 0 Å². The number of anilines is 2. The summed E-state index contributed by atoms with van der Waals surface area (Å²) in [5, 5.41) is 9.78. The summed E-state index contributed by atoms with van der Waals surface area (Å²) >= 11 is 0. The summed E-state index contributed by atoms with van der Waals surface area (Å²) in [5.74, 6) is -0.851. The number of piperidine rings is 1. The molecule has 28 heavy (non-hydrogen) atoms. The number of carbonyl (C=O) groups is 2. The van der Waals surface area contributed by atoms with E-state index in [-0.39, 0.29) is 11.6 Å². The highest BCUT2D eigenvalue weighted by molar-refractivity contribution is 6.05. The van der Waals surface area contributed by atoms with Gasteiger partial charge in [-0.25, -0.2) is 9.18 Å². The van der Waals surface area contributed by atoms with Crippen molar-refractivity contribution in [2.45, 2.75) is 18.9 Å². The van der Waals surface area contributed by atoms with Gasteiger partial charge in [0.1, 0.15) is 5.82 Å². The Bertz CT molecular complexity index is 890. The fourth-order valence-corrected chi connectivity index (χ4v) is 3.62. The highest BCUT2D eigenvalue weighted by Gasteiger charge is 2.24. The molecule has 9 heteroatoms. The van der Waals surface area contributed by atoms with Crippen LogP contribution in [0.3, 0.4) is 0 Å². The Kier molecular flexibility index (Phi) is 4.99. The first kappa shape index (κ1) is 18.4. The van der Waals surface area contributed by atoms with Gasteiger partial charge in [-0.15, -0.1) is 0 Å². The van der Waals surface area contributed by atoms with Crippen LogP contribution in [0.5, 0.6) is 0 Å². The number of nitrogens with zero attached hydrogens (tertiary/aromatic N) is 4. The van der Waals surface area contributed by atoms with E-state index in [0.717, 1.165) is 25.9 Å². The molecule has 8 nitrogen and oxygen atoms in total. The lowest BCUT2D eigenvalue weighted by Crippen LogP contribution is -2.31. The molecule has 0 unspecified atom stereocenters. The van der Waals surface area contributed by atoms with E-state index in [1.807, 2.05) is 10.9 Å². The molecule has 1 aromatic carbocycles. The van der Waals surface area contributed by atoms with Crippen LogP contribution in [0.1, 0.15) is 29.2 Å². The van der Waals surface area contributed by atoms with Crippen LogP contribution in [0.25, 0.3) is 0 Å². The van der Waals surface area contributed by atoms with E-state index < -0.39 is 11.7 Å². The number of halogens is 1. The van der Waals surface area contributed by atoms with Gasteiger partial charge in [0, 0.05) is 31.0 Å². The Hall–Kier alpha value is -2.94. The van der Waals surface area contributed by atoms with Gasteiger partial charge in [-0.2, -0.15) is 5.10 Å². The van der Waals surface area contributed by atoms with Gasteiger partial charge in [-0.05, 0) is 51.2 Å². The van der Waals surface area contributed by atoms with Crippen LogP contribution in [-0.4, -0.2) is 59.8 Å². The minimum absolute atomic E-state index is 0.119. The van der Waals surface area contributed by atoms with Gasteiger partial charge in [0.25, 0.3) is 5.91 Å². The zero-order valence-corrected chi connectivity index (χ0v) is 15.7. The number of amides is 3. The first-order valence-corrected chi connectivity index (χ1v) is 9.41. The Balaban J connectivity index is 1.47. The molecule has 2 aliphatic heterocycles. The maximum Gasteiger partial charge on any atom is 0.321 e. The molecule has 0 spiro atoms.